The maximum atomic E-state index is 10.0. The van der Waals surface area contributed by atoms with Gasteiger partial charge in [0, 0.05) is 39.0 Å². The van der Waals surface area contributed by atoms with Crippen molar-refractivity contribution in [2.75, 3.05) is 52.6 Å². The van der Waals surface area contributed by atoms with Crippen molar-refractivity contribution in [3.63, 3.8) is 0 Å². The van der Waals surface area contributed by atoms with Crippen molar-refractivity contribution in [2.45, 2.75) is 37.5 Å². The Labute approximate surface area is 226 Å². The second kappa shape index (κ2) is 18.6. The zero-order valence-corrected chi connectivity index (χ0v) is 22.9. The predicted molar refractivity (Wildman–Crippen MR) is 130 cm³/mol. The summed E-state index contributed by atoms with van der Waals surface area (Å²) in [5.41, 5.74) is 1.69. The van der Waals surface area contributed by atoms with Gasteiger partial charge in [-0.15, -0.1) is 0 Å². The Bertz CT molecular complexity index is 809. The summed E-state index contributed by atoms with van der Waals surface area (Å²) in [6, 6.07) is 18.9. The summed E-state index contributed by atoms with van der Waals surface area (Å²) in [7, 11) is 0. The van der Waals surface area contributed by atoms with E-state index in [-0.39, 0.29) is 0 Å². The summed E-state index contributed by atoms with van der Waals surface area (Å²) in [4.78, 5) is 3.88. The number of aliphatic hydroxyl groups is 4. The third-order valence-electron chi connectivity index (χ3n) is 6.17. The first-order valence-electron chi connectivity index (χ1n) is 12.3. The third-order valence-corrected chi connectivity index (χ3v) is 6.17. The van der Waals surface area contributed by atoms with Crippen LogP contribution in [0.5, 0.6) is 0 Å². The topological polar surface area (TPSA) is 140 Å². The molecule has 2 fully saturated rings. The van der Waals surface area contributed by atoms with E-state index in [1.165, 1.54) is 0 Å². The molecule has 0 aliphatic carbocycles. The van der Waals surface area contributed by atoms with Crippen LogP contribution in [0.3, 0.4) is 0 Å². The van der Waals surface area contributed by atoms with E-state index in [1.807, 2.05) is 70.5 Å². The zero-order chi connectivity index (χ0) is 26.9. The molecule has 11 heteroatoms. The number of hydrogen-bond donors (Lipinski definition) is 4. The van der Waals surface area contributed by atoms with Crippen molar-refractivity contribution >= 4 is 0 Å². The Balaban J connectivity index is 0.000000235. The van der Waals surface area contributed by atoms with Crippen LogP contribution in [-0.4, -0.2) is 95.3 Å². The van der Waals surface area contributed by atoms with Crippen molar-refractivity contribution in [1.82, 2.24) is 9.80 Å². The SMILES string of the molecule is OC(CC(O)N1CCOCC1)c1ccccc1.OC(CC(O)N1CCOCC1)c1ccccc1.[O]=[Mo]=[O]. The molecule has 4 rings (SSSR count). The summed E-state index contributed by atoms with van der Waals surface area (Å²) in [6.07, 6.45) is -1.76. The van der Waals surface area contributed by atoms with Crippen molar-refractivity contribution in [1.29, 1.82) is 0 Å². The van der Waals surface area contributed by atoms with Crippen LogP contribution in [0.1, 0.15) is 36.2 Å². The second-order valence-corrected chi connectivity index (χ2v) is 8.98. The number of rotatable bonds is 8. The zero-order valence-electron chi connectivity index (χ0n) is 20.9. The van der Waals surface area contributed by atoms with E-state index < -0.39 is 43.2 Å². The molecule has 2 aliphatic rings. The normalized spacial score (nSPS) is 19.7. The maximum absolute atomic E-state index is 10.0. The molecule has 4 unspecified atom stereocenters. The number of ether oxygens (including phenoxy) is 2. The Kier molecular flexibility index (Phi) is 15.9. The Morgan fingerprint density at radius 2 is 0.919 bits per heavy atom. The van der Waals surface area contributed by atoms with Gasteiger partial charge in [0.2, 0.25) is 0 Å². The molecule has 0 radical (unpaired) electrons. The van der Waals surface area contributed by atoms with Gasteiger partial charge in [-0.2, -0.15) is 0 Å². The van der Waals surface area contributed by atoms with Gasteiger partial charge >= 0.3 is 25.3 Å². The standard InChI is InChI=1S/2C13H19NO3.Mo.2O/c2*15-12(11-4-2-1-3-5-11)10-13(16)14-6-8-17-9-7-14;;;/h2*1-5,12-13,15-16H,6-10H2;;;. The minimum absolute atomic E-state index is 0.337. The van der Waals surface area contributed by atoms with Gasteiger partial charge in [-0.25, -0.2) is 0 Å². The summed E-state index contributed by atoms with van der Waals surface area (Å²) >= 11 is -2.03. The van der Waals surface area contributed by atoms with Crippen molar-refractivity contribution in [2.24, 2.45) is 0 Å². The molecule has 206 valence electrons. The molecule has 2 saturated heterocycles. The average Bonchev–Trinajstić information content (AvgIpc) is 2.95. The van der Waals surface area contributed by atoms with Crippen LogP contribution in [0.2, 0.25) is 0 Å². The van der Waals surface area contributed by atoms with Crippen molar-refractivity contribution < 1.29 is 55.2 Å². The van der Waals surface area contributed by atoms with Gasteiger partial charge < -0.3 is 29.9 Å². The van der Waals surface area contributed by atoms with Crippen LogP contribution in [0.25, 0.3) is 0 Å². The van der Waals surface area contributed by atoms with Gasteiger partial charge in [-0.1, -0.05) is 60.7 Å². The molecule has 2 aromatic rings. The van der Waals surface area contributed by atoms with Gasteiger partial charge in [0.15, 0.2) is 0 Å². The molecule has 0 bridgehead atoms. The fraction of sp³-hybridized carbons (Fsp3) is 0.538. The van der Waals surface area contributed by atoms with Gasteiger partial charge in [-0.05, 0) is 11.1 Å². The average molecular weight is 603 g/mol. The van der Waals surface area contributed by atoms with E-state index in [2.05, 4.69) is 0 Å². The van der Waals surface area contributed by atoms with Crippen LogP contribution >= 0.6 is 0 Å². The molecule has 0 amide bonds. The Morgan fingerprint density at radius 1 is 0.622 bits per heavy atom. The Morgan fingerprint density at radius 3 is 1.22 bits per heavy atom. The first-order valence-corrected chi connectivity index (χ1v) is 14.0. The molecular formula is C26H38MoN2O8. The summed E-state index contributed by atoms with van der Waals surface area (Å²) < 4.78 is 27.5. The fourth-order valence-electron chi connectivity index (χ4n) is 4.07. The van der Waals surface area contributed by atoms with Crippen molar-refractivity contribution in [3.8, 4) is 0 Å². The molecule has 10 nitrogen and oxygen atoms in total. The van der Waals surface area contributed by atoms with Crippen LogP contribution in [0.15, 0.2) is 60.7 Å². The molecule has 2 heterocycles. The van der Waals surface area contributed by atoms with Crippen LogP contribution in [0.4, 0.5) is 0 Å². The first kappa shape index (κ1) is 31.6. The van der Waals surface area contributed by atoms with E-state index in [4.69, 9.17) is 16.3 Å². The van der Waals surface area contributed by atoms with Gasteiger partial charge in [0.05, 0.1) is 38.6 Å². The van der Waals surface area contributed by atoms with E-state index in [0.29, 0.717) is 39.3 Å². The van der Waals surface area contributed by atoms with Crippen LogP contribution in [-0.2, 0) is 34.8 Å². The van der Waals surface area contributed by atoms with E-state index in [9.17, 15) is 20.4 Å². The molecule has 2 aliphatic heterocycles. The minimum atomic E-state index is -2.03. The molecule has 0 saturated carbocycles. The number of hydrogen-bond acceptors (Lipinski definition) is 10. The van der Waals surface area contributed by atoms with E-state index in [1.54, 1.807) is 0 Å². The number of aliphatic hydroxyl groups excluding tert-OH is 4. The first-order chi connectivity index (χ1) is 18.0. The van der Waals surface area contributed by atoms with Crippen LogP contribution < -0.4 is 0 Å². The monoisotopic (exact) mass is 604 g/mol. The van der Waals surface area contributed by atoms with E-state index >= 15 is 0 Å². The summed E-state index contributed by atoms with van der Waals surface area (Å²) in [5.74, 6) is 0. The van der Waals surface area contributed by atoms with Crippen LogP contribution in [0, 0.1) is 0 Å². The third kappa shape index (κ3) is 12.2. The van der Waals surface area contributed by atoms with Gasteiger partial charge in [0.25, 0.3) is 0 Å². The number of morpholine rings is 2. The second-order valence-electron chi connectivity index (χ2n) is 8.65. The molecule has 0 aromatic heterocycles. The quantitative estimate of drug-likeness (QED) is 0.327. The molecule has 4 N–H and O–H groups in total. The molecular weight excluding hydrogens is 564 g/mol. The fourth-order valence-corrected chi connectivity index (χ4v) is 4.07. The van der Waals surface area contributed by atoms with Crippen molar-refractivity contribution in [3.05, 3.63) is 71.8 Å². The predicted octanol–water partition coefficient (Wildman–Crippen LogP) is 1.28. The van der Waals surface area contributed by atoms with Gasteiger partial charge in [-0.3, -0.25) is 9.80 Å². The molecule has 4 atom stereocenters. The Hall–Kier alpha value is -1.59. The summed E-state index contributed by atoms with van der Waals surface area (Å²) in [5, 5.41) is 40.0. The number of benzene rings is 2. The summed E-state index contributed by atoms with van der Waals surface area (Å²) in [6.45, 7) is 5.50. The van der Waals surface area contributed by atoms with Gasteiger partial charge in [0.1, 0.15) is 12.5 Å². The van der Waals surface area contributed by atoms with E-state index in [0.717, 1.165) is 37.3 Å². The molecule has 37 heavy (non-hydrogen) atoms. The molecule has 2 aromatic carbocycles. The molecule has 0 spiro atoms. The number of nitrogens with zero attached hydrogens (tertiary/aromatic N) is 2.